The van der Waals surface area contributed by atoms with Gasteiger partial charge in [0.25, 0.3) is 0 Å². The molecule has 0 spiro atoms. The van der Waals surface area contributed by atoms with E-state index in [-0.39, 0.29) is 0 Å². The Hall–Kier alpha value is -0.0800. The first-order chi connectivity index (χ1) is 4.22. The van der Waals surface area contributed by atoms with Gasteiger partial charge >= 0.3 is 0 Å². The van der Waals surface area contributed by atoms with Crippen LogP contribution in [0.25, 0.3) is 0 Å². The summed E-state index contributed by atoms with van der Waals surface area (Å²) in [5, 5.41) is 0. The van der Waals surface area contributed by atoms with Crippen LogP contribution in [0.15, 0.2) is 0 Å². The van der Waals surface area contributed by atoms with E-state index >= 15 is 0 Å². The van der Waals surface area contributed by atoms with E-state index in [9.17, 15) is 0 Å². The van der Waals surface area contributed by atoms with Crippen LogP contribution in [0, 0.1) is 5.92 Å². The summed E-state index contributed by atoms with van der Waals surface area (Å²) in [4.78, 5) is 0. The summed E-state index contributed by atoms with van der Waals surface area (Å²) in [5.74, 6) is 0.527. The van der Waals surface area contributed by atoms with E-state index in [1.807, 2.05) is 0 Å². The third-order valence-corrected chi connectivity index (χ3v) is 2.43. The van der Waals surface area contributed by atoms with Gasteiger partial charge in [0.05, 0.1) is 0 Å². The maximum Gasteiger partial charge on any atom is 0.00792 e. The predicted molar refractivity (Wildman–Crippen MR) is 39.0 cm³/mol. The van der Waals surface area contributed by atoms with Gasteiger partial charge < -0.3 is 11.5 Å². The quantitative estimate of drug-likeness (QED) is 0.498. The lowest BCUT2D eigenvalue weighted by molar-refractivity contribution is 0.287. The zero-order valence-corrected chi connectivity index (χ0v) is 6.01. The first-order valence-electron chi connectivity index (χ1n) is 3.73. The summed E-state index contributed by atoms with van der Waals surface area (Å²) in [5.41, 5.74) is 11.6. The molecule has 1 aliphatic carbocycles. The summed E-state index contributed by atoms with van der Waals surface area (Å²) in [6, 6.07) is 0.711. The van der Waals surface area contributed by atoms with Crippen molar-refractivity contribution in [1.29, 1.82) is 0 Å². The molecule has 0 aliphatic heterocycles. The molecule has 1 fully saturated rings. The van der Waals surface area contributed by atoms with Crippen LogP contribution in [0.1, 0.15) is 26.2 Å². The van der Waals surface area contributed by atoms with Crippen LogP contribution in [-0.4, -0.2) is 12.1 Å². The largest absolute Gasteiger partial charge is 0.327 e. The van der Waals surface area contributed by atoms with Crippen LogP contribution in [-0.2, 0) is 0 Å². The smallest absolute Gasteiger partial charge is 0.00792 e. The first-order valence-corrected chi connectivity index (χ1v) is 3.73. The van der Waals surface area contributed by atoms with E-state index in [1.165, 1.54) is 6.42 Å². The van der Waals surface area contributed by atoms with Gasteiger partial charge in [-0.3, -0.25) is 0 Å². The number of hydrogen-bond acceptors (Lipinski definition) is 2. The second-order valence-corrected chi connectivity index (χ2v) is 3.12. The van der Waals surface area contributed by atoms with Crippen molar-refractivity contribution in [2.75, 3.05) is 0 Å². The Balaban J connectivity index is 2.41. The molecule has 0 radical (unpaired) electrons. The molecule has 1 aliphatic rings. The van der Waals surface area contributed by atoms with E-state index in [2.05, 4.69) is 6.92 Å². The fraction of sp³-hybridized carbons (Fsp3) is 1.00. The number of nitrogens with two attached hydrogens (primary N) is 2. The zero-order chi connectivity index (χ0) is 6.85. The Morgan fingerprint density at radius 1 is 1.11 bits per heavy atom. The van der Waals surface area contributed by atoms with Gasteiger partial charge in [-0.25, -0.2) is 0 Å². The van der Waals surface area contributed by atoms with Crippen LogP contribution in [0.3, 0.4) is 0 Å². The highest BCUT2D eigenvalue weighted by Crippen LogP contribution is 2.20. The first kappa shape index (κ1) is 7.03. The van der Waals surface area contributed by atoms with Crippen molar-refractivity contribution in [3.63, 3.8) is 0 Å². The molecule has 4 N–H and O–H groups in total. The van der Waals surface area contributed by atoms with Gasteiger partial charge in [0.2, 0.25) is 0 Å². The molecule has 54 valence electrons. The van der Waals surface area contributed by atoms with E-state index < -0.39 is 0 Å². The lowest BCUT2D eigenvalue weighted by atomic mass is 9.83. The molecule has 9 heavy (non-hydrogen) atoms. The maximum absolute atomic E-state index is 5.79. The molecule has 2 nitrogen and oxygen atoms in total. The minimum absolute atomic E-state index is 0.355. The van der Waals surface area contributed by atoms with Crippen molar-refractivity contribution in [2.45, 2.75) is 38.3 Å². The monoisotopic (exact) mass is 128 g/mol. The Morgan fingerprint density at radius 3 is 1.89 bits per heavy atom. The molecule has 1 saturated carbocycles. The Bertz CT molecular complexity index is 82.9. The highest BCUT2D eigenvalue weighted by atomic mass is 14.7. The molecule has 0 heterocycles. The van der Waals surface area contributed by atoms with Gasteiger partial charge in [0.1, 0.15) is 0 Å². The molecule has 3 atom stereocenters. The van der Waals surface area contributed by atoms with Crippen LogP contribution in [0.2, 0.25) is 0 Å². The summed E-state index contributed by atoms with van der Waals surface area (Å²) >= 11 is 0. The summed E-state index contributed by atoms with van der Waals surface area (Å²) in [6.45, 7) is 2.15. The van der Waals surface area contributed by atoms with Gasteiger partial charge in [0, 0.05) is 12.1 Å². The minimum Gasteiger partial charge on any atom is -0.327 e. The van der Waals surface area contributed by atoms with Crippen LogP contribution in [0.4, 0.5) is 0 Å². The Labute approximate surface area is 56.6 Å². The average molecular weight is 128 g/mol. The molecule has 1 rings (SSSR count). The minimum atomic E-state index is 0.355. The van der Waals surface area contributed by atoms with E-state index in [0.29, 0.717) is 18.0 Å². The predicted octanol–water partition coefficient (Wildman–Crippen LogP) is 0.461. The molecule has 0 bridgehead atoms. The summed E-state index contributed by atoms with van der Waals surface area (Å²) in [6.07, 6.45) is 3.54. The number of hydrogen-bond donors (Lipinski definition) is 2. The highest BCUT2D eigenvalue weighted by molar-refractivity contribution is 4.83. The molecule has 0 saturated heterocycles. The second-order valence-electron chi connectivity index (χ2n) is 3.12. The lowest BCUT2D eigenvalue weighted by Gasteiger charge is -2.30. The topological polar surface area (TPSA) is 52.0 Å². The van der Waals surface area contributed by atoms with Crippen molar-refractivity contribution in [3.8, 4) is 0 Å². The van der Waals surface area contributed by atoms with Crippen molar-refractivity contribution in [2.24, 2.45) is 17.4 Å². The molecule has 0 aromatic carbocycles. The Kier molecular flexibility index (Phi) is 2.09. The average Bonchev–Trinajstić information content (AvgIpc) is 1.83. The van der Waals surface area contributed by atoms with E-state index in [0.717, 1.165) is 12.8 Å². The van der Waals surface area contributed by atoms with Crippen molar-refractivity contribution in [3.05, 3.63) is 0 Å². The van der Waals surface area contributed by atoms with Gasteiger partial charge in [0.15, 0.2) is 0 Å². The molecule has 0 amide bonds. The highest BCUT2D eigenvalue weighted by Gasteiger charge is 2.23. The third kappa shape index (κ3) is 1.43. The number of rotatable bonds is 0. The second kappa shape index (κ2) is 2.67. The van der Waals surface area contributed by atoms with Crippen LogP contribution < -0.4 is 11.5 Å². The fourth-order valence-corrected chi connectivity index (χ4v) is 1.43. The molecule has 0 aromatic heterocycles. The maximum atomic E-state index is 5.79. The van der Waals surface area contributed by atoms with Crippen molar-refractivity contribution in [1.82, 2.24) is 0 Å². The molecule has 0 aromatic rings. The lowest BCUT2D eigenvalue weighted by Crippen LogP contribution is -2.44. The molecular formula is C7H16N2. The van der Waals surface area contributed by atoms with Gasteiger partial charge in [-0.2, -0.15) is 0 Å². The normalized spacial score (nSPS) is 45.0. The van der Waals surface area contributed by atoms with Gasteiger partial charge in [-0.1, -0.05) is 13.3 Å². The molecular weight excluding hydrogens is 112 g/mol. The SMILES string of the molecule is CC1[C@H](N)CCC[C@@H]1N. The molecule has 1 unspecified atom stereocenters. The van der Waals surface area contributed by atoms with Gasteiger partial charge in [-0.15, -0.1) is 0 Å². The van der Waals surface area contributed by atoms with E-state index in [1.54, 1.807) is 0 Å². The van der Waals surface area contributed by atoms with Crippen LogP contribution in [0.5, 0.6) is 0 Å². The van der Waals surface area contributed by atoms with Gasteiger partial charge in [-0.05, 0) is 18.8 Å². The Morgan fingerprint density at radius 2 is 1.56 bits per heavy atom. The standard InChI is InChI=1S/C7H16N2/c1-5-6(8)3-2-4-7(5)9/h5-7H,2-4,8-9H2,1H3/t5?,6-,7+. The van der Waals surface area contributed by atoms with Crippen molar-refractivity contribution >= 4 is 0 Å². The third-order valence-electron chi connectivity index (χ3n) is 2.43. The van der Waals surface area contributed by atoms with Crippen molar-refractivity contribution < 1.29 is 0 Å². The zero-order valence-electron chi connectivity index (χ0n) is 6.01. The fourth-order valence-electron chi connectivity index (χ4n) is 1.43. The molecule has 2 heteroatoms. The van der Waals surface area contributed by atoms with Crippen LogP contribution >= 0.6 is 0 Å². The summed E-state index contributed by atoms with van der Waals surface area (Å²) < 4.78 is 0. The van der Waals surface area contributed by atoms with E-state index in [4.69, 9.17) is 11.5 Å². The summed E-state index contributed by atoms with van der Waals surface area (Å²) in [7, 11) is 0.